The molecule has 4 heterocycles. The number of ether oxygens (including phenoxy) is 3. The topological polar surface area (TPSA) is 115 Å². The number of carbonyl (C=O) groups excluding carboxylic acids is 1. The number of carbonyl (C=O) groups is 2. The molecule has 1 aromatic heterocycles. The molecule has 2 atom stereocenters. The maximum Gasteiger partial charge on any atom is 0.414 e. The average molecular weight is 761 g/mol. The van der Waals surface area contributed by atoms with Crippen molar-refractivity contribution in [1.82, 2.24) is 4.90 Å². The minimum absolute atomic E-state index is 0.00559. The molecule has 0 spiro atoms. The second-order valence-corrected chi connectivity index (χ2v) is 13.5. The van der Waals surface area contributed by atoms with E-state index < -0.39 is 30.4 Å². The molecule has 7 rings (SSSR count). The van der Waals surface area contributed by atoms with Crippen molar-refractivity contribution >= 4 is 41.0 Å². The number of pyridine rings is 1. The van der Waals surface area contributed by atoms with Crippen LogP contribution in [0.5, 0.6) is 11.5 Å². The van der Waals surface area contributed by atoms with Gasteiger partial charge in [0.2, 0.25) is 0 Å². The largest absolute Gasteiger partial charge is 0.619 e. The van der Waals surface area contributed by atoms with Crippen LogP contribution in [-0.2, 0) is 17.7 Å². The molecule has 3 fully saturated rings. The highest BCUT2D eigenvalue weighted by Crippen LogP contribution is 2.41. The van der Waals surface area contributed by atoms with Crippen molar-refractivity contribution in [2.45, 2.75) is 44.4 Å². The number of anilines is 1. The molecule has 4 aromatic rings. The van der Waals surface area contributed by atoms with Gasteiger partial charge in [0.25, 0.3) is 0 Å². The summed E-state index contributed by atoms with van der Waals surface area (Å²) in [5, 5.41) is 22.6. The lowest BCUT2D eigenvalue weighted by Gasteiger charge is -2.44. The van der Waals surface area contributed by atoms with Crippen molar-refractivity contribution < 1.29 is 46.8 Å². The van der Waals surface area contributed by atoms with Gasteiger partial charge in [-0.2, -0.15) is 13.5 Å². The maximum atomic E-state index is 14.7. The van der Waals surface area contributed by atoms with Crippen LogP contribution < -0.4 is 19.1 Å². The van der Waals surface area contributed by atoms with Gasteiger partial charge in [0.15, 0.2) is 23.9 Å². The van der Waals surface area contributed by atoms with Crippen LogP contribution in [0.2, 0.25) is 10.0 Å². The zero-order chi connectivity index (χ0) is 37.1. The highest BCUT2D eigenvalue weighted by molar-refractivity contribution is 6.35. The smallest absolute Gasteiger partial charge is 0.414 e. The number of aromatic carboxylic acids is 1. The Bertz CT molecular complexity index is 1940. The Labute approximate surface area is 307 Å². The Hall–Kier alpha value is -4.72. The van der Waals surface area contributed by atoms with Gasteiger partial charge in [0.1, 0.15) is 22.0 Å². The lowest BCUT2D eigenvalue weighted by Crippen LogP contribution is -2.53. The summed E-state index contributed by atoms with van der Waals surface area (Å²) in [6.45, 7) is -0.987. The summed E-state index contributed by atoms with van der Waals surface area (Å²) in [4.78, 5) is 30.5. The van der Waals surface area contributed by atoms with Crippen LogP contribution in [0.1, 0.15) is 51.4 Å². The number of hydrogen-bond donors (Lipinski definition) is 1. The van der Waals surface area contributed by atoms with Crippen LogP contribution in [0.25, 0.3) is 0 Å². The molecule has 1 amide bonds. The van der Waals surface area contributed by atoms with Crippen LogP contribution in [-0.4, -0.2) is 61.5 Å². The number of nitrogens with zero attached hydrogens (tertiary/aromatic N) is 3. The Kier molecular flexibility index (Phi) is 11.3. The van der Waals surface area contributed by atoms with Crippen LogP contribution in [0, 0.1) is 16.9 Å². The summed E-state index contributed by atoms with van der Waals surface area (Å²) in [6, 6.07) is 14.1. The van der Waals surface area contributed by atoms with Gasteiger partial charge in [-0.3, -0.25) is 9.80 Å². The third-order valence-corrected chi connectivity index (χ3v) is 10.2. The standard InChI is InChI=1S/C37H34Cl2F3N3O7/c1-50-32-14-22(8-9-31(32)51-36(41)42)27(16-28-29(38)18-44(49)19-30(28)39)34-23(4-2-7-26(34)35(46)47)17-45(25-6-3-5-24(40)15-25)37(48)52-33-20-43-12-10-21(33)11-13-43/h2-9,14-15,18-19,21,27,33,36H,10-13,16-17,20H2,1H3,(H,46,47)/t27-,33-/m0/s1. The molecule has 52 heavy (non-hydrogen) atoms. The van der Waals surface area contributed by atoms with E-state index in [1.165, 1.54) is 60.5 Å². The highest BCUT2D eigenvalue weighted by atomic mass is 35.5. The van der Waals surface area contributed by atoms with E-state index >= 15 is 0 Å². The van der Waals surface area contributed by atoms with Gasteiger partial charge >= 0.3 is 18.7 Å². The molecule has 274 valence electrons. The first-order valence-corrected chi connectivity index (χ1v) is 17.2. The molecular weight excluding hydrogens is 726 g/mol. The SMILES string of the molecule is COc1cc([C@H](Cc2c(Cl)c[n+]([O-])cc2Cl)c2c(CN(C(=O)O[C@H]3CN4CCC3CC4)c3cccc(F)c3)cccc2C(=O)O)ccc1OC(F)F. The molecule has 3 aliphatic rings. The Balaban J connectivity index is 1.49. The van der Waals surface area contributed by atoms with Crippen molar-refractivity contribution in [2.24, 2.45) is 5.92 Å². The molecule has 0 saturated carbocycles. The Morgan fingerprint density at radius 2 is 1.75 bits per heavy atom. The highest BCUT2D eigenvalue weighted by Gasteiger charge is 2.38. The summed E-state index contributed by atoms with van der Waals surface area (Å²) in [7, 11) is 1.26. The van der Waals surface area contributed by atoms with Gasteiger partial charge in [-0.1, -0.05) is 47.5 Å². The van der Waals surface area contributed by atoms with Crippen molar-refractivity contribution in [1.29, 1.82) is 0 Å². The van der Waals surface area contributed by atoms with Gasteiger partial charge in [-0.05, 0) is 91.4 Å². The number of hydrogen-bond acceptors (Lipinski definition) is 7. The van der Waals surface area contributed by atoms with E-state index in [1.54, 1.807) is 12.1 Å². The molecular formula is C37H34Cl2F3N3O7. The quantitative estimate of drug-likeness (QED) is 0.116. The number of carboxylic acid groups (broad SMARTS) is 1. The number of fused-ring (bicyclic) bond motifs is 3. The zero-order valence-corrected chi connectivity index (χ0v) is 29.3. The van der Waals surface area contributed by atoms with Gasteiger partial charge in [-0.25, -0.2) is 14.0 Å². The third-order valence-electron chi connectivity index (χ3n) is 9.56. The zero-order valence-electron chi connectivity index (χ0n) is 27.8. The van der Waals surface area contributed by atoms with Crippen molar-refractivity contribution in [3.63, 3.8) is 0 Å². The molecule has 0 aliphatic carbocycles. The lowest BCUT2D eigenvalue weighted by atomic mass is 9.80. The number of amides is 1. The molecule has 3 aromatic carbocycles. The van der Waals surface area contributed by atoms with Gasteiger partial charge in [0, 0.05) is 18.0 Å². The Morgan fingerprint density at radius 1 is 1.04 bits per heavy atom. The molecule has 1 N–H and O–H groups in total. The summed E-state index contributed by atoms with van der Waals surface area (Å²) in [6.07, 6.45) is 2.75. The summed E-state index contributed by atoms with van der Waals surface area (Å²) in [5.74, 6) is -3.00. The van der Waals surface area contributed by atoms with E-state index in [1.807, 2.05) is 0 Å². The predicted octanol–water partition coefficient (Wildman–Crippen LogP) is 7.69. The second-order valence-electron chi connectivity index (χ2n) is 12.6. The average Bonchev–Trinajstić information content (AvgIpc) is 3.11. The van der Waals surface area contributed by atoms with Gasteiger partial charge in [-0.15, -0.1) is 0 Å². The number of alkyl halides is 2. The number of aromatic nitrogens is 1. The van der Waals surface area contributed by atoms with E-state index in [9.17, 15) is 33.1 Å². The van der Waals surface area contributed by atoms with Crippen LogP contribution in [0.4, 0.5) is 23.7 Å². The summed E-state index contributed by atoms with van der Waals surface area (Å²) in [5.41, 5.74) is 1.26. The number of halogens is 5. The van der Waals surface area contributed by atoms with Crippen LogP contribution in [0.15, 0.2) is 73.1 Å². The summed E-state index contributed by atoms with van der Waals surface area (Å²) < 4.78 is 57.6. The van der Waals surface area contributed by atoms with Crippen molar-refractivity contribution in [2.75, 3.05) is 31.6 Å². The third kappa shape index (κ3) is 8.16. The van der Waals surface area contributed by atoms with Crippen LogP contribution >= 0.6 is 23.2 Å². The number of rotatable bonds is 12. The fraction of sp³-hybridized carbons (Fsp3) is 0.324. The monoisotopic (exact) mass is 759 g/mol. The van der Waals surface area contributed by atoms with Crippen LogP contribution in [0.3, 0.4) is 0 Å². The fourth-order valence-electron chi connectivity index (χ4n) is 7.07. The normalized spacial score (nSPS) is 18.6. The van der Waals surface area contributed by atoms with Crippen molar-refractivity contribution in [3.8, 4) is 11.5 Å². The molecule has 3 aliphatic heterocycles. The Morgan fingerprint density at radius 3 is 2.37 bits per heavy atom. The van der Waals surface area contributed by atoms with E-state index in [2.05, 4.69) is 9.64 Å². The molecule has 2 bridgehead atoms. The second kappa shape index (κ2) is 15.9. The maximum absolute atomic E-state index is 14.7. The minimum Gasteiger partial charge on any atom is -0.619 e. The number of benzene rings is 3. The first-order valence-electron chi connectivity index (χ1n) is 16.4. The minimum atomic E-state index is -3.15. The van der Waals surface area contributed by atoms with E-state index in [4.69, 9.17) is 32.7 Å². The number of carboxylic acids is 1. The molecule has 15 heteroatoms. The number of piperidine rings is 3. The van der Waals surface area contributed by atoms with E-state index in [-0.39, 0.29) is 63.3 Å². The van der Waals surface area contributed by atoms with Crippen molar-refractivity contribution in [3.05, 3.63) is 122 Å². The van der Waals surface area contributed by atoms with E-state index in [0.717, 1.165) is 38.3 Å². The van der Waals surface area contributed by atoms with Gasteiger partial charge < -0.3 is 24.5 Å². The molecule has 3 saturated heterocycles. The number of methoxy groups -OCH3 is 1. The van der Waals surface area contributed by atoms with Gasteiger partial charge in [0.05, 0.1) is 24.9 Å². The molecule has 0 radical (unpaired) electrons. The first-order chi connectivity index (χ1) is 24.9. The van der Waals surface area contributed by atoms with E-state index in [0.29, 0.717) is 28.0 Å². The summed E-state index contributed by atoms with van der Waals surface area (Å²) >= 11 is 13.0. The predicted molar refractivity (Wildman–Crippen MR) is 186 cm³/mol. The molecule has 0 unspecified atom stereocenters. The molecule has 10 nitrogen and oxygen atoms in total. The fourth-order valence-corrected chi connectivity index (χ4v) is 7.67. The first kappa shape index (κ1) is 37.1. The lowest BCUT2D eigenvalue weighted by molar-refractivity contribution is -0.605.